The number of hydrogen-bond donors (Lipinski definition) is 3. The van der Waals surface area contributed by atoms with E-state index in [1.165, 1.54) is 10.4 Å². The molecule has 0 radical (unpaired) electrons. The highest BCUT2D eigenvalue weighted by Gasteiger charge is 2.46. The smallest absolute Gasteiger partial charge is 0.379 e. The van der Waals surface area contributed by atoms with Crippen molar-refractivity contribution >= 4 is 27.5 Å². The number of carbonyl (C=O) groups is 2. The number of nitrogens with zero attached hydrogens (tertiary/aromatic N) is 2. The lowest BCUT2D eigenvalue weighted by atomic mass is 9.76. The number of carbonyl (C=O) groups excluding carboxylic acids is 2. The minimum absolute atomic E-state index is 0.0172. The summed E-state index contributed by atoms with van der Waals surface area (Å²) in [5.74, 6) is -2.65. The fraction of sp³-hybridized carbons (Fsp3) is 0.289. The lowest BCUT2D eigenvalue weighted by molar-refractivity contribution is -0.142. The summed E-state index contributed by atoms with van der Waals surface area (Å²) in [7, 11) is -4.03. The van der Waals surface area contributed by atoms with E-state index in [-0.39, 0.29) is 54.9 Å². The second kappa shape index (κ2) is 14.5. The Kier molecular flexibility index (Phi) is 10.2. The van der Waals surface area contributed by atoms with Gasteiger partial charge in [0.25, 0.3) is 11.8 Å². The Bertz CT molecular complexity index is 2140. The van der Waals surface area contributed by atoms with Crippen molar-refractivity contribution in [2.24, 2.45) is 5.92 Å². The molecule has 1 unspecified atom stereocenters. The number of nitriles is 1. The van der Waals surface area contributed by atoms with E-state index in [4.69, 9.17) is 0 Å². The second-order valence-corrected chi connectivity index (χ2v) is 15.0. The Morgan fingerprint density at radius 1 is 0.885 bits per heavy atom. The van der Waals surface area contributed by atoms with Crippen LogP contribution < -0.4 is 10.6 Å². The highest BCUT2D eigenvalue weighted by Crippen LogP contribution is 2.37. The summed E-state index contributed by atoms with van der Waals surface area (Å²) in [6.45, 7) is -0.185. The average Bonchev–Trinajstić information content (AvgIpc) is 3.95. The number of rotatable bonds is 10. The van der Waals surface area contributed by atoms with Gasteiger partial charge < -0.3 is 15.7 Å². The van der Waals surface area contributed by atoms with Gasteiger partial charge in [0, 0.05) is 36.8 Å². The van der Waals surface area contributed by atoms with Crippen LogP contribution in [-0.4, -0.2) is 54.4 Å². The van der Waals surface area contributed by atoms with Crippen LogP contribution in [0, 0.1) is 23.1 Å². The number of sulfonamides is 1. The molecule has 0 bridgehead atoms. The van der Waals surface area contributed by atoms with Crippen LogP contribution >= 0.6 is 0 Å². The standard InChI is InChI=1S/C38H34F4N4O5S/c39-30-8-13-33(14-9-30)52(50,51)46-17-15-29(16-18-46)37(49,36(48)45-32-10-7-28(23-43)34(21-32)38(40,41)42)22-24-3-1-4-25(19-24)26-5-2-6-27(20-26)35(47)44-31-11-12-31/h1-10,13-14,19-21,29,31,49H,11-12,15-18,22H2,(H,44,47)(H,45,48). The van der Waals surface area contributed by atoms with E-state index < -0.39 is 50.6 Å². The van der Waals surface area contributed by atoms with Gasteiger partial charge in [0.15, 0.2) is 0 Å². The molecule has 4 aromatic carbocycles. The molecule has 3 N–H and O–H groups in total. The van der Waals surface area contributed by atoms with E-state index in [0.29, 0.717) is 28.3 Å². The lowest BCUT2D eigenvalue weighted by Gasteiger charge is -2.40. The molecular weight excluding hydrogens is 701 g/mol. The first-order valence-electron chi connectivity index (χ1n) is 16.6. The molecule has 14 heteroatoms. The first-order chi connectivity index (χ1) is 24.7. The number of piperidine rings is 1. The van der Waals surface area contributed by atoms with Crippen LogP contribution in [-0.2, 0) is 27.4 Å². The third kappa shape index (κ3) is 8.02. The minimum Gasteiger partial charge on any atom is -0.379 e. The number of alkyl halides is 3. The molecular formula is C38H34F4N4O5S. The van der Waals surface area contributed by atoms with Gasteiger partial charge in [0.2, 0.25) is 10.0 Å². The van der Waals surface area contributed by atoms with Crippen LogP contribution in [0.5, 0.6) is 0 Å². The summed E-state index contributed by atoms with van der Waals surface area (Å²) in [5.41, 5.74) is -2.06. The average molecular weight is 735 g/mol. The van der Waals surface area contributed by atoms with Crippen molar-refractivity contribution in [3.63, 3.8) is 0 Å². The largest absolute Gasteiger partial charge is 0.417 e. The third-order valence-corrected chi connectivity index (χ3v) is 11.4. The maximum atomic E-state index is 14.0. The summed E-state index contributed by atoms with van der Waals surface area (Å²) < 4.78 is 82.5. The summed E-state index contributed by atoms with van der Waals surface area (Å²) in [5, 5.41) is 26.9. The van der Waals surface area contributed by atoms with Gasteiger partial charge in [-0.1, -0.05) is 36.4 Å². The van der Waals surface area contributed by atoms with Crippen molar-refractivity contribution in [2.75, 3.05) is 18.4 Å². The number of nitrogens with one attached hydrogen (secondary N) is 2. The normalized spacial score (nSPS) is 16.8. The van der Waals surface area contributed by atoms with Gasteiger partial charge in [-0.3, -0.25) is 9.59 Å². The van der Waals surface area contributed by atoms with Crippen molar-refractivity contribution in [3.05, 3.63) is 119 Å². The number of halogens is 4. The molecule has 1 saturated carbocycles. The molecule has 1 aliphatic heterocycles. The lowest BCUT2D eigenvalue weighted by Crippen LogP contribution is -2.54. The quantitative estimate of drug-likeness (QED) is 0.164. The topological polar surface area (TPSA) is 140 Å². The number of anilines is 1. The van der Waals surface area contributed by atoms with E-state index in [9.17, 15) is 45.9 Å². The monoisotopic (exact) mass is 734 g/mol. The minimum atomic E-state index is -4.89. The van der Waals surface area contributed by atoms with Crippen molar-refractivity contribution in [3.8, 4) is 17.2 Å². The fourth-order valence-corrected chi connectivity index (χ4v) is 7.91. The molecule has 1 saturated heterocycles. The predicted octanol–water partition coefficient (Wildman–Crippen LogP) is 6.29. The van der Waals surface area contributed by atoms with Gasteiger partial charge in [-0.15, -0.1) is 0 Å². The first kappa shape index (κ1) is 36.7. The number of hydrogen-bond acceptors (Lipinski definition) is 6. The van der Waals surface area contributed by atoms with Crippen molar-refractivity contribution < 1.29 is 40.7 Å². The molecule has 1 atom stereocenters. The molecule has 6 rings (SSSR count). The highest BCUT2D eigenvalue weighted by molar-refractivity contribution is 7.89. The summed E-state index contributed by atoms with van der Waals surface area (Å²) in [6.07, 6.45) is -3.27. The molecule has 0 aromatic heterocycles. The molecule has 4 aromatic rings. The Morgan fingerprint density at radius 2 is 1.54 bits per heavy atom. The van der Waals surface area contributed by atoms with Gasteiger partial charge in [-0.25, -0.2) is 12.8 Å². The zero-order valence-electron chi connectivity index (χ0n) is 27.7. The van der Waals surface area contributed by atoms with Crippen molar-refractivity contribution in [2.45, 2.75) is 54.8 Å². The van der Waals surface area contributed by atoms with Gasteiger partial charge in [-0.05, 0) is 103 Å². The Morgan fingerprint density at radius 3 is 2.17 bits per heavy atom. The SMILES string of the molecule is N#Cc1ccc(NC(=O)C(O)(Cc2cccc(-c3cccc(C(=O)NC4CC4)c3)c2)C2CCN(S(=O)(=O)c3ccc(F)cc3)CC2)cc1C(F)(F)F. The van der Waals surface area contributed by atoms with Crippen LogP contribution in [0.15, 0.2) is 95.9 Å². The fourth-order valence-electron chi connectivity index (χ4n) is 6.44. The van der Waals surface area contributed by atoms with E-state index in [0.717, 1.165) is 49.2 Å². The second-order valence-electron chi connectivity index (χ2n) is 13.1. The Labute approximate surface area is 297 Å². The molecule has 1 aliphatic carbocycles. The van der Waals surface area contributed by atoms with E-state index in [2.05, 4.69) is 10.6 Å². The maximum absolute atomic E-state index is 14.0. The van der Waals surface area contributed by atoms with Crippen LogP contribution in [0.25, 0.3) is 11.1 Å². The zero-order valence-corrected chi connectivity index (χ0v) is 28.5. The molecule has 2 aliphatic rings. The number of benzene rings is 4. The summed E-state index contributed by atoms with van der Waals surface area (Å²) in [6, 6.07) is 22.6. The summed E-state index contributed by atoms with van der Waals surface area (Å²) in [4.78, 5) is 26.6. The van der Waals surface area contributed by atoms with E-state index in [1.54, 1.807) is 42.5 Å². The van der Waals surface area contributed by atoms with Crippen molar-refractivity contribution in [1.82, 2.24) is 9.62 Å². The van der Waals surface area contributed by atoms with E-state index >= 15 is 0 Å². The zero-order chi connectivity index (χ0) is 37.3. The molecule has 2 amide bonds. The Balaban J connectivity index is 1.29. The summed E-state index contributed by atoms with van der Waals surface area (Å²) >= 11 is 0. The third-order valence-electron chi connectivity index (χ3n) is 9.45. The molecule has 1 heterocycles. The number of amides is 2. The highest BCUT2D eigenvalue weighted by atomic mass is 32.2. The van der Waals surface area contributed by atoms with Gasteiger partial charge in [0.1, 0.15) is 11.4 Å². The number of aliphatic hydroxyl groups is 1. The predicted molar refractivity (Wildman–Crippen MR) is 184 cm³/mol. The van der Waals surface area contributed by atoms with Crippen LogP contribution in [0.4, 0.5) is 23.2 Å². The maximum Gasteiger partial charge on any atom is 0.417 e. The van der Waals surface area contributed by atoms with Gasteiger partial charge in [0.05, 0.1) is 22.1 Å². The van der Waals surface area contributed by atoms with Gasteiger partial charge >= 0.3 is 6.18 Å². The van der Waals surface area contributed by atoms with Gasteiger partial charge in [-0.2, -0.15) is 22.7 Å². The first-order valence-corrected chi connectivity index (χ1v) is 18.0. The molecule has 270 valence electrons. The Hall–Kier alpha value is -5.10. The molecule has 0 spiro atoms. The molecule has 2 fully saturated rings. The molecule has 52 heavy (non-hydrogen) atoms. The molecule has 9 nitrogen and oxygen atoms in total. The van der Waals surface area contributed by atoms with Crippen LogP contribution in [0.2, 0.25) is 0 Å². The van der Waals surface area contributed by atoms with Crippen molar-refractivity contribution in [1.29, 1.82) is 5.26 Å². The van der Waals surface area contributed by atoms with E-state index in [1.807, 2.05) is 6.07 Å². The van der Waals surface area contributed by atoms with Crippen LogP contribution in [0.1, 0.15) is 52.7 Å². The van der Waals surface area contributed by atoms with Crippen LogP contribution in [0.3, 0.4) is 0 Å².